The van der Waals surface area contributed by atoms with Crippen LogP contribution >= 0.6 is 15.9 Å². The SMILES string of the molecule is Brc1ccc(C=NN=C2CC(c3ccccc3)N=N2)o1. The van der Waals surface area contributed by atoms with Crippen LogP contribution in [0.15, 0.2) is 72.0 Å². The number of azo groups is 1. The zero-order valence-electron chi connectivity index (χ0n) is 10.5. The van der Waals surface area contributed by atoms with E-state index in [-0.39, 0.29) is 6.04 Å². The summed E-state index contributed by atoms with van der Waals surface area (Å²) >= 11 is 3.23. The molecule has 0 amide bonds. The minimum atomic E-state index is 0.0444. The third kappa shape index (κ3) is 3.08. The molecule has 0 fully saturated rings. The molecule has 0 aliphatic carbocycles. The van der Waals surface area contributed by atoms with Gasteiger partial charge in [-0.1, -0.05) is 30.3 Å². The van der Waals surface area contributed by atoms with E-state index in [1.807, 2.05) is 30.3 Å². The molecule has 0 bridgehead atoms. The molecule has 100 valence electrons. The van der Waals surface area contributed by atoms with Crippen LogP contribution in [0.4, 0.5) is 0 Å². The maximum Gasteiger partial charge on any atom is 0.175 e. The fourth-order valence-electron chi connectivity index (χ4n) is 1.86. The molecule has 1 aromatic carbocycles. The van der Waals surface area contributed by atoms with Crippen molar-refractivity contribution in [1.82, 2.24) is 0 Å². The van der Waals surface area contributed by atoms with E-state index in [9.17, 15) is 0 Å². The molecule has 3 rings (SSSR count). The van der Waals surface area contributed by atoms with Crippen molar-refractivity contribution in [2.75, 3.05) is 0 Å². The molecular formula is C14H11BrN4O. The molecular weight excluding hydrogens is 320 g/mol. The Kier molecular flexibility index (Phi) is 3.83. The Hall–Kier alpha value is -2.08. The van der Waals surface area contributed by atoms with E-state index >= 15 is 0 Å². The lowest BCUT2D eigenvalue weighted by Gasteiger charge is -2.02. The smallest absolute Gasteiger partial charge is 0.175 e. The van der Waals surface area contributed by atoms with Crippen LogP contribution in [0.1, 0.15) is 23.8 Å². The van der Waals surface area contributed by atoms with Gasteiger partial charge in [0.1, 0.15) is 11.8 Å². The summed E-state index contributed by atoms with van der Waals surface area (Å²) in [5, 5.41) is 16.3. The van der Waals surface area contributed by atoms with Gasteiger partial charge in [0, 0.05) is 6.42 Å². The summed E-state index contributed by atoms with van der Waals surface area (Å²) in [5.74, 6) is 1.26. The number of hydrogen-bond donors (Lipinski definition) is 0. The molecule has 5 nitrogen and oxygen atoms in total. The number of hydrogen-bond acceptors (Lipinski definition) is 4. The first kappa shape index (κ1) is 12.9. The van der Waals surface area contributed by atoms with E-state index in [2.05, 4.69) is 36.4 Å². The highest BCUT2D eigenvalue weighted by Gasteiger charge is 2.19. The molecule has 2 heterocycles. The lowest BCUT2D eigenvalue weighted by molar-refractivity contribution is 0.534. The number of rotatable bonds is 3. The quantitative estimate of drug-likeness (QED) is 0.608. The summed E-state index contributed by atoms with van der Waals surface area (Å²) in [6, 6.07) is 13.7. The van der Waals surface area contributed by atoms with Gasteiger partial charge in [-0.25, -0.2) is 0 Å². The van der Waals surface area contributed by atoms with Crippen LogP contribution in [0.2, 0.25) is 0 Å². The van der Waals surface area contributed by atoms with Gasteiger partial charge in [-0.3, -0.25) is 0 Å². The monoisotopic (exact) mass is 330 g/mol. The fraction of sp³-hybridized carbons (Fsp3) is 0.143. The molecule has 0 radical (unpaired) electrons. The van der Waals surface area contributed by atoms with Crippen LogP contribution in [-0.2, 0) is 0 Å². The third-order valence-electron chi connectivity index (χ3n) is 2.82. The topological polar surface area (TPSA) is 62.6 Å². The van der Waals surface area contributed by atoms with Crippen LogP contribution in [-0.4, -0.2) is 12.1 Å². The Morgan fingerprint density at radius 2 is 2.05 bits per heavy atom. The number of amidine groups is 1. The van der Waals surface area contributed by atoms with Crippen LogP contribution in [0.5, 0.6) is 0 Å². The fourth-order valence-corrected chi connectivity index (χ4v) is 2.18. The molecule has 1 atom stereocenters. The van der Waals surface area contributed by atoms with Crippen molar-refractivity contribution in [1.29, 1.82) is 0 Å². The average Bonchev–Trinajstić information content (AvgIpc) is 3.09. The highest BCUT2D eigenvalue weighted by Crippen LogP contribution is 2.27. The van der Waals surface area contributed by atoms with Gasteiger partial charge in [0.2, 0.25) is 0 Å². The minimum absolute atomic E-state index is 0.0444. The molecule has 1 aliphatic rings. The normalized spacial score (nSPS) is 20.2. The number of furan rings is 1. The number of benzene rings is 1. The predicted octanol–water partition coefficient (Wildman–Crippen LogP) is 4.37. The van der Waals surface area contributed by atoms with Crippen molar-refractivity contribution in [3.05, 3.63) is 58.5 Å². The van der Waals surface area contributed by atoms with Gasteiger partial charge < -0.3 is 4.42 Å². The van der Waals surface area contributed by atoms with E-state index < -0.39 is 0 Å². The molecule has 0 saturated heterocycles. The molecule has 20 heavy (non-hydrogen) atoms. The zero-order valence-corrected chi connectivity index (χ0v) is 12.1. The lowest BCUT2D eigenvalue weighted by Crippen LogP contribution is -1.95. The van der Waals surface area contributed by atoms with E-state index in [1.165, 1.54) is 0 Å². The Morgan fingerprint density at radius 1 is 1.20 bits per heavy atom. The van der Waals surface area contributed by atoms with Crippen molar-refractivity contribution >= 4 is 28.0 Å². The molecule has 0 spiro atoms. The Bertz CT molecular complexity index is 675. The largest absolute Gasteiger partial charge is 0.448 e. The summed E-state index contributed by atoms with van der Waals surface area (Å²) in [5.41, 5.74) is 1.14. The first-order valence-electron chi connectivity index (χ1n) is 6.12. The average molecular weight is 331 g/mol. The van der Waals surface area contributed by atoms with Crippen LogP contribution in [0.25, 0.3) is 0 Å². The van der Waals surface area contributed by atoms with Gasteiger partial charge in [-0.2, -0.15) is 10.2 Å². The molecule has 2 aromatic rings. The van der Waals surface area contributed by atoms with Gasteiger partial charge in [-0.15, -0.1) is 10.2 Å². The van der Waals surface area contributed by atoms with E-state index in [0.29, 0.717) is 22.7 Å². The standard InChI is InChI=1S/C14H11BrN4O/c15-13-7-6-11(20-13)9-16-18-14-8-12(17-19-14)10-4-2-1-3-5-10/h1-7,9,12H,8H2. The molecule has 0 saturated carbocycles. The molecule has 0 N–H and O–H groups in total. The van der Waals surface area contributed by atoms with Gasteiger partial charge in [0.15, 0.2) is 10.5 Å². The van der Waals surface area contributed by atoms with Crippen molar-refractivity contribution in [2.45, 2.75) is 12.5 Å². The second kappa shape index (κ2) is 5.92. The van der Waals surface area contributed by atoms with Crippen molar-refractivity contribution < 1.29 is 4.42 Å². The van der Waals surface area contributed by atoms with E-state index in [1.54, 1.807) is 18.3 Å². The van der Waals surface area contributed by atoms with E-state index in [0.717, 1.165) is 5.56 Å². The van der Waals surface area contributed by atoms with Crippen LogP contribution < -0.4 is 0 Å². The van der Waals surface area contributed by atoms with Crippen LogP contribution in [0.3, 0.4) is 0 Å². The van der Waals surface area contributed by atoms with Crippen molar-refractivity contribution in [2.24, 2.45) is 20.4 Å². The zero-order chi connectivity index (χ0) is 13.8. The molecule has 1 aliphatic heterocycles. The highest BCUT2D eigenvalue weighted by atomic mass is 79.9. The summed E-state index contributed by atoms with van der Waals surface area (Å²) in [6.07, 6.45) is 2.21. The highest BCUT2D eigenvalue weighted by molar-refractivity contribution is 9.10. The maximum absolute atomic E-state index is 5.28. The Labute approximate surface area is 124 Å². The summed E-state index contributed by atoms with van der Waals surface area (Å²) in [6.45, 7) is 0. The molecule has 1 aromatic heterocycles. The lowest BCUT2D eigenvalue weighted by atomic mass is 10.1. The first-order chi connectivity index (χ1) is 9.81. The first-order valence-corrected chi connectivity index (χ1v) is 6.91. The van der Waals surface area contributed by atoms with Crippen molar-refractivity contribution in [3.63, 3.8) is 0 Å². The summed E-state index contributed by atoms with van der Waals surface area (Å²) < 4.78 is 5.95. The van der Waals surface area contributed by atoms with Gasteiger partial charge in [-0.05, 0) is 33.6 Å². The van der Waals surface area contributed by atoms with Gasteiger partial charge in [0.05, 0.1) is 6.21 Å². The minimum Gasteiger partial charge on any atom is -0.448 e. The second-order valence-electron chi connectivity index (χ2n) is 4.25. The van der Waals surface area contributed by atoms with Gasteiger partial charge in [0.25, 0.3) is 0 Å². The predicted molar refractivity (Wildman–Crippen MR) is 80.1 cm³/mol. The number of halogens is 1. The summed E-state index contributed by atoms with van der Waals surface area (Å²) in [7, 11) is 0. The summed E-state index contributed by atoms with van der Waals surface area (Å²) in [4.78, 5) is 0. The van der Waals surface area contributed by atoms with E-state index in [4.69, 9.17) is 4.42 Å². The van der Waals surface area contributed by atoms with Crippen LogP contribution in [0, 0.1) is 0 Å². The Morgan fingerprint density at radius 3 is 2.80 bits per heavy atom. The number of nitrogens with zero attached hydrogens (tertiary/aromatic N) is 4. The third-order valence-corrected chi connectivity index (χ3v) is 3.25. The van der Waals surface area contributed by atoms with Gasteiger partial charge >= 0.3 is 0 Å². The van der Waals surface area contributed by atoms with Crippen molar-refractivity contribution in [3.8, 4) is 0 Å². The molecule has 1 unspecified atom stereocenters. The second-order valence-corrected chi connectivity index (χ2v) is 5.03. The molecule has 6 heteroatoms. The maximum atomic E-state index is 5.28. The Balaban J connectivity index is 1.64.